The molecule has 238 valence electrons. The third-order valence-electron chi connectivity index (χ3n) is 8.88. The fourth-order valence-corrected chi connectivity index (χ4v) is 6.21. The Morgan fingerprint density at radius 1 is 1.04 bits per heavy atom. The highest BCUT2D eigenvalue weighted by molar-refractivity contribution is 6.07. The van der Waals surface area contributed by atoms with E-state index in [9.17, 15) is 9.59 Å². The molecule has 10 nitrogen and oxygen atoms in total. The van der Waals surface area contributed by atoms with Gasteiger partial charge in [-0.3, -0.25) is 9.59 Å². The van der Waals surface area contributed by atoms with Crippen molar-refractivity contribution < 1.29 is 18.7 Å². The van der Waals surface area contributed by atoms with Crippen molar-refractivity contribution in [1.29, 1.82) is 0 Å². The first-order chi connectivity index (χ1) is 21.9. The molecule has 0 bridgehead atoms. The molecular weight excluding hydrogens is 568 g/mol. The smallest absolute Gasteiger partial charge is 0.277 e. The van der Waals surface area contributed by atoms with E-state index in [4.69, 9.17) is 9.15 Å². The van der Waals surface area contributed by atoms with Crippen LogP contribution in [0, 0.1) is 6.92 Å². The van der Waals surface area contributed by atoms with Crippen LogP contribution in [0.5, 0.6) is 5.75 Å². The Labute approximate surface area is 265 Å². The predicted octanol–water partition coefficient (Wildman–Crippen LogP) is 5.57. The van der Waals surface area contributed by atoms with Crippen LogP contribution < -0.4 is 25.2 Å². The third-order valence-corrected chi connectivity index (χ3v) is 8.88. The fourth-order valence-electron chi connectivity index (χ4n) is 6.21. The molecule has 10 heteroatoms. The first kappa shape index (κ1) is 30.6. The van der Waals surface area contributed by atoms with Gasteiger partial charge in [0.15, 0.2) is 11.6 Å². The normalized spacial score (nSPS) is 16.7. The number of piperazine rings is 1. The summed E-state index contributed by atoms with van der Waals surface area (Å²) in [4.78, 5) is 38.3. The van der Waals surface area contributed by atoms with Crippen molar-refractivity contribution >= 4 is 28.9 Å². The molecule has 2 aliphatic heterocycles. The number of carbonyl (C=O) groups excluding carboxylic acids is 2. The minimum Gasteiger partial charge on any atom is -0.493 e. The molecule has 2 saturated heterocycles. The Morgan fingerprint density at radius 3 is 2.49 bits per heavy atom. The topological polar surface area (TPSA) is 103 Å². The van der Waals surface area contributed by atoms with Crippen LogP contribution in [0.15, 0.2) is 59.4 Å². The molecule has 1 aromatic heterocycles. The first-order valence-electron chi connectivity index (χ1n) is 16.2. The van der Waals surface area contributed by atoms with E-state index in [0.717, 1.165) is 77.1 Å². The standard InChI is InChI=1S/C35H44N6O4/c1-4-44-32-22-31(41-19-17-40(18-20-41)30-11-6-5-9-24(30)2)28(37-34(43)29-23-45-35(38-29)26-12-13-26)21-27(32)33(42)36-14-8-16-39-15-7-10-25(39)3/h5-6,9,11,21-23,26H,3-4,7-8,10,12-20H2,1-2H3,(H,36,42)(H,37,43). The van der Waals surface area contributed by atoms with Crippen LogP contribution in [0.25, 0.3) is 0 Å². The molecule has 0 unspecified atom stereocenters. The van der Waals surface area contributed by atoms with Gasteiger partial charge >= 0.3 is 0 Å². The Morgan fingerprint density at radius 2 is 1.80 bits per heavy atom. The Kier molecular flexibility index (Phi) is 9.28. The van der Waals surface area contributed by atoms with Crippen LogP contribution in [0.3, 0.4) is 0 Å². The van der Waals surface area contributed by atoms with Gasteiger partial charge in [0.2, 0.25) is 0 Å². The highest BCUT2D eigenvalue weighted by Crippen LogP contribution is 2.40. The molecule has 6 rings (SSSR count). The average Bonchev–Trinajstić information content (AvgIpc) is 3.63. The largest absolute Gasteiger partial charge is 0.493 e. The Bertz CT molecular complexity index is 1540. The van der Waals surface area contributed by atoms with Gasteiger partial charge in [-0.1, -0.05) is 24.8 Å². The van der Waals surface area contributed by atoms with E-state index in [2.05, 4.69) is 68.1 Å². The minimum absolute atomic E-state index is 0.232. The molecule has 2 amide bonds. The van der Waals surface area contributed by atoms with E-state index < -0.39 is 0 Å². The lowest BCUT2D eigenvalue weighted by Crippen LogP contribution is -2.47. The second-order valence-corrected chi connectivity index (χ2v) is 12.1. The molecule has 3 aromatic rings. The maximum Gasteiger partial charge on any atom is 0.277 e. The van der Waals surface area contributed by atoms with Gasteiger partial charge in [0.1, 0.15) is 12.0 Å². The number of likely N-dealkylation sites (tertiary alicyclic amines) is 1. The molecular formula is C35H44N6O4. The molecule has 2 aromatic carbocycles. The van der Waals surface area contributed by atoms with Gasteiger partial charge in [-0.2, -0.15) is 0 Å². The number of aromatic nitrogens is 1. The lowest BCUT2D eigenvalue weighted by molar-refractivity contribution is 0.0947. The van der Waals surface area contributed by atoms with Gasteiger partial charge < -0.3 is 34.5 Å². The maximum absolute atomic E-state index is 13.5. The van der Waals surface area contributed by atoms with E-state index in [0.29, 0.717) is 42.0 Å². The van der Waals surface area contributed by atoms with Crippen LogP contribution in [0.2, 0.25) is 0 Å². The number of carbonyl (C=O) groups is 2. The number of rotatable bonds is 12. The van der Waals surface area contributed by atoms with Crippen molar-refractivity contribution in [3.05, 3.63) is 77.6 Å². The van der Waals surface area contributed by atoms with Gasteiger partial charge in [0.25, 0.3) is 11.8 Å². The maximum atomic E-state index is 13.5. The van der Waals surface area contributed by atoms with Crippen LogP contribution in [0.4, 0.5) is 17.1 Å². The number of hydrogen-bond donors (Lipinski definition) is 2. The summed E-state index contributed by atoms with van der Waals surface area (Å²) in [7, 11) is 0. The Hall–Kier alpha value is -4.47. The summed E-state index contributed by atoms with van der Waals surface area (Å²) in [6.45, 7) is 14.1. The molecule has 1 aliphatic carbocycles. The predicted molar refractivity (Wildman–Crippen MR) is 177 cm³/mol. The van der Waals surface area contributed by atoms with Crippen molar-refractivity contribution in [2.24, 2.45) is 0 Å². The van der Waals surface area contributed by atoms with Gasteiger partial charge in [0, 0.05) is 69.2 Å². The summed E-state index contributed by atoms with van der Waals surface area (Å²) in [5.41, 5.74) is 5.63. The molecule has 3 heterocycles. The summed E-state index contributed by atoms with van der Waals surface area (Å²) in [5, 5.41) is 6.12. The number of nitrogens with zero attached hydrogens (tertiary/aromatic N) is 4. The quantitative estimate of drug-likeness (QED) is 0.256. The molecule has 2 N–H and O–H groups in total. The van der Waals surface area contributed by atoms with Crippen molar-refractivity contribution in [2.45, 2.75) is 51.9 Å². The number of nitrogens with one attached hydrogen (secondary N) is 2. The van der Waals surface area contributed by atoms with Crippen molar-refractivity contribution in [1.82, 2.24) is 15.2 Å². The van der Waals surface area contributed by atoms with E-state index in [1.165, 1.54) is 23.2 Å². The summed E-state index contributed by atoms with van der Waals surface area (Å²) < 4.78 is 11.6. The molecule has 3 aliphatic rings. The highest BCUT2D eigenvalue weighted by atomic mass is 16.5. The van der Waals surface area contributed by atoms with Crippen LogP contribution in [-0.4, -0.2) is 74.1 Å². The summed E-state index contributed by atoms with van der Waals surface area (Å²) in [5.74, 6) is 0.803. The number of para-hydroxylation sites is 1. The van der Waals surface area contributed by atoms with Gasteiger partial charge in [-0.15, -0.1) is 0 Å². The van der Waals surface area contributed by atoms with Crippen LogP contribution >= 0.6 is 0 Å². The molecule has 3 fully saturated rings. The number of allylic oxidation sites excluding steroid dienone is 1. The monoisotopic (exact) mass is 612 g/mol. The molecule has 45 heavy (non-hydrogen) atoms. The average molecular weight is 613 g/mol. The lowest BCUT2D eigenvalue weighted by Gasteiger charge is -2.39. The fraction of sp³-hybridized carbons (Fsp3) is 0.457. The zero-order valence-corrected chi connectivity index (χ0v) is 26.4. The number of hydrogen-bond acceptors (Lipinski definition) is 8. The zero-order chi connectivity index (χ0) is 31.3. The van der Waals surface area contributed by atoms with E-state index in [1.54, 1.807) is 6.07 Å². The molecule has 0 radical (unpaired) electrons. The zero-order valence-electron chi connectivity index (χ0n) is 26.4. The summed E-state index contributed by atoms with van der Waals surface area (Å²) in [6.07, 6.45) is 6.48. The van der Waals surface area contributed by atoms with Crippen LogP contribution in [-0.2, 0) is 0 Å². The number of ether oxygens (including phenoxy) is 1. The van der Waals surface area contributed by atoms with Crippen molar-refractivity contribution in [2.75, 3.05) is 67.5 Å². The van der Waals surface area contributed by atoms with Gasteiger partial charge in [-0.05, 0) is 63.6 Å². The third kappa shape index (κ3) is 7.10. The van der Waals surface area contributed by atoms with Crippen molar-refractivity contribution in [3.63, 3.8) is 0 Å². The van der Waals surface area contributed by atoms with Crippen LogP contribution in [0.1, 0.15) is 77.2 Å². The molecule has 0 spiro atoms. The number of aryl methyl sites for hydroxylation is 1. The summed E-state index contributed by atoms with van der Waals surface area (Å²) >= 11 is 0. The Balaban J connectivity index is 1.23. The van der Waals surface area contributed by atoms with E-state index in [-0.39, 0.29) is 17.5 Å². The second-order valence-electron chi connectivity index (χ2n) is 12.1. The number of benzene rings is 2. The number of oxazole rings is 1. The molecule has 1 saturated carbocycles. The molecule has 0 atom stereocenters. The van der Waals surface area contributed by atoms with E-state index >= 15 is 0 Å². The number of anilines is 3. The minimum atomic E-state index is -0.369. The van der Waals surface area contributed by atoms with Gasteiger partial charge in [0.05, 0.1) is 23.5 Å². The number of amides is 2. The second kappa shape index (κ2) is 13.7. The lowest BCUT2D eigenvalue weighted by atomic mass is 10.1. The van der Waals surface area contributed by atoms with Gasteiger partial charge in [-0.25, -0.2) is 4.98 Å². The first-order valence-corrected chi connectivity index (χ1v) is 16.2. The highest BCUT2D eigenvalue weighted by Gasteiger charge is 2.30. The SMILES string of the molecule is C=C1CCCN1CCCNC(=O)c1cc(NC(=O)c2coc(C3CC3)n2)c(N2CCN(c3ccccc3C)CC2)cc1OCC. The summed E-state index contributed by atoms with van der Waals surface area (Å²) in [6, 6.07) is 12.1. The van der Waals surface area contributed by atoms with E-state index in [1.807, 2.05) is 13.0 Å². The van der Waals surface area contributed by atoms with Crippen molar-refractivity contribution in [3.8, 4) is 5.75 Å².